The van der Waals surface area contributed by atoms with Crippen LogP contribution in [0.5, 0.6) is 0 Å². The summed E-state index contributed by atoms with van der Waals surface area (Å²) in [4.78, 5) is 7.32. The third-order valence-corrected chi connectivity index (χ3v) is 2.14. The Morgan fingerprint density at radius 3 is 2.91 bits per heavy atom. The zero-order valence-corrected chi connectivity index (χ0v) is 6.46. The minimum atomic E-state index is 0.793. The number of hydrogen-bond donors (Lipinski definition) is 1. The highest BCUT2D eigenvalue weighted by Gasteiger charge is 2.11. The van der Waals surface area contributed by atoms with E-state index < -0.39 is 0 Å². The highest BCUT2D eigenvalue weighted by Crippen LogP contribution is 2.20. The zero-order valence-electron chi connectivity index (χ0n) is 6.46. The number of aromatic amines is 1. The van der Waals surface area contributed by atoms with Gasteiger partial charge in [0.1, 0.15) is 5.82 Å². The largest absolute Gasteiger partial charge is 0.349 e. The van der Waals surface area contributed by atoms with Crippen molar-refractivity contribution in [2.45, 2.75) is 19.3 Å². The summed E-state index contributed by atoms with van der Waals surface area (Å²) in [6.07, 6.45) is 11.8. The molecule has 0 saturated heterocycles. The first-order valence-corrected chi connectivity index (χ1v) is 4.08. The van der Waals surface area contributed by atoms with Gasteiger partial charge in [0.2, 0.25) is 0 Å². The minimum Gasteiger partial charge on any atom is -0.349 e. The average molecular weight is 148 g/mol. The van der Waals surface area contributed by atoms with E-state index in [9.17, 15) is 0 Å². The van der Waals surface area contributed by atoms with Crippen molar-refractivity contribution >= 4 is 0 Å². The van der Waals surface area contributed by atoms with Crippen molar-refractivity contribution in [1.29, 1.82) is 0 Å². The van der Waals surface area contributed by atoms with Gasteiger partial charge in [-0.2, -0.15) is 0 Å². The Morgan fingerprint density at radius 2 is 2.27 bits per heavy atom. The van der Waals surface area contributed by atoms with Crippen LogP contribution in [0, 0.1) is 5.92 Å². The van der Waals surface area contributed by atoms with Crippen LogP contribution in [0.2, 0.25) is 0 Å². The van der Waals surface area contributed by atoms with E-state index in [1.54, 1.807) is 0 Å². The Labute approximate surface area is 66.4 Å². The van der Waals surface area contributed by atoms with Gasteiger partial charge in [0.15, 0.2) is 0 Å². The Kier molecular flexibility index (Phi) is 1.76. The van der Waals surface area contributed by atoms with Gasteiger partial charge < -0.3 is 4.98 Å². The van der Waals surface area contributed by atoms with Gasteiger partial charge in [-0.25, -0.2) is 4.98 Å². The fourth-order valence-electron chi connectivity index (χ4n) is 1.52. The Hall–Kier alpha value is -1.05. The molecule has 0 amide bonds. The lowest BCUT2D eigenvalue weighted by molar-refractivity contribution is 0.553. The molecule has 0 radical (unpaired) electrons. The first-order chi connectivity index (χ1) is 5.45. The molecule has 0 bridgehead atoms. The first kappa shape index (κ1) is 6.65. The summed E-state index contributed by atoms with van der Waals surface area (Å²) in [6.45, 7) is 0. The molecule has 0 spiro atoms. The molecule has 0 atom stereocenters. The molecular weight excluding hydrogens is 136 g/mol. The predicted molar refractivity (Wildman–Crippen MR) is 44.2 cm³/mol. The van der Waals surface area contributed by atoms with Crippen molar-refractivity contribution in [3.05, 3.63) is 30.4 Å². The summed E-state index contributed by atoms with van der Waals surface area (Å²) in [5, 5.41) is 0. The standard InChI is InChI=1S/C9H12N2/c1-2-4-8(3-1)7-9-10-5-6-11-9/h1-2,5-6,8H,3-4,7H2,(H,10,11). The summed E-state index contributed by atoms with van der Waals surface area (Å²) in [5.74, 6) is 1.92. The van der Waals surface area contributed by atoms with Crippen LogP contribution < -0.4 is 0 Å². The lowest BCUT2D eigenvalue weighted by Gasteiger charge is -2.04. The van der Waals surface area contributed by atoms with E-state index in [2.05, 4.69) is 22.1 Å². The molecule has 0 aromatic carbocycles. The van der Waals surface area contributed by atoms with Gasteiger partial charge in [0.25, 0.3) is 0 Å². The van der Waals surface area contributed by atoms with Gasteiger partial charge in [-0.05, 0) is 18.8 Å². The van der Waals surface area contributed by atoms with Crippen molar-refractivity contribution in [3.63, 3.8) is 0 Å². The zero-order chi connectivity index (χ0) is 7.52. The molecule has 1 heterocycles. The molecule has 1 aliphatic carbocycles. The van der Waals surface area contributed by atoms with Crippen molar-refractivity contribution in [1.82, 2.24) is 9.97 Å². The second kappa shape index (κ2) is 2.91. The number of imidazole rings is 1. The summed E-state index contributed by atoms with van der Waals surface area (Å²) in [5.41, 5.74) is 0. The monoisotopic (exact) mass is 148 g/mol. The summed E-state index contributed by atoms with van der Waals surface area (Å²) < 4.78 is 0. The van der Waals surface area contributed by atoms with Crippen LogP contribution in [0.25, 0.3) is 0 Å². The van der Waals surface area contributed by atoms with Crippen molar-refractivity contribution in [2.24, 2.45) is 5.92 Å². The van der Waals surface area contributed by atoms with Gasteiger partial charge in [-0.15, -0.1) is 0 Å². The van der Waals surface area contributed by atoms with E-state index in [-0.39, 0.29) is 0 Å². The predicted octanol–water partition coefficient (Wildman–Crippen LogP) is 1.92. The van der Waals surface area contributed by atoms with Crippen LogP contribution in [0.3, 0.4) is 0 Å². The highest BCUT2D eigenvalue weighted by molar-refractivity contribution is 4.99. The number of nitrogens with one attached hydrogen (secondary N) is 1. The van der Waals surface area contributed by atoms with Crippen molar-refractivity contribution in [3.8, 4) is 0 Å². The molecule has 0 saturated carbocycles. The van der Waals surface area contributed by atoms with Crippen LogP contribution in [-0.4, -0.2) is 9.97 Å². The first-order valence-electron chi connectivity index (χ1n) is 4.08. The molecule has 0 unspecified atom stereocenters. The maximum atomic E-state index is 4.20. The number of hydrogen-bond acceptors (Lipinski definition) is 1. The molecular formula is C9H12N2. The Morgan fingerprint density at radius 1 is 1.45 bits per heavy atom. The number of allylic oxidation sites excluding steroid dienone is 2. The second-order valence-electron chi connectivity index (χ2n) is 3.05. The summed E-state index contributed by atoms with van der Waals surface area (Å²) >= 11 is 0. The Balaban J connectivity index is 1.91. The van der Waals surface area contributed by atoms with Crippen LogP contribution in [0.4, 0.5) is 0 Å². The number of rotatable bonds is 2. The van der Waals surface area contributed by atoms with Crippen molar-refractivity contribution in [2.75, 3.05) is 0 Å². The maximum Gasteiger partial charge on any atom is 0.106 e. The lowest BCUT2D eigenvalue weighted by atomic mass is 10.0. The van der Waals surface area contributed by atoms with Crippen LogP contribution in [0.1, 0.15) is 18.7 Å². The molecule has 0 aliphatic heterocycles. The molecule has 58 valence electrons. The molecule has 2 rings (SSSR count). The van der Waals surface area contributed by atoms with Gasteiger partial charge in [-0.1, -0.05) is 12.2 Å². The molecule has 11 heavy (non-hydrogen) atoms. The number of nitrogens with zero attached hydrogens (tertiary/aromatic N) is 1. The van der Waals surface area contributed by atoms with Gasteiger partial charge in [-0.3, -0.25) is 0 Å². The van der Waals surface area contributed by atoms with Crippen LogP contribution >= 0.6 is 0 Å². The fraction of sp³-hybridized carbons (Fsp3) is 0.444. The molecule has 1 aliphatic rings. The SMILES string of the molecule is C1=CCC(Cc2ncc[nH]2)C1. The van der Waals surface area contributed by atoms with Gasteiger partial charge in [0.05, 0.1) is 0 Å². The van der Waals surface area contributed by atoms with Crippen LogP contribution in [-0.2, 0) is 6.42 Å². The van der Waals surface area contributed by atoms with E-state index in [1.165, 1.54) is 12.8 Å². The normalized spacial score (nSPS) is 17.8. The molecule has 2 heteroatoms. The molecule has 1 aromatic rings. The topological polar surface area (TPSA) is 28.7 Å². The average Bonchev–Trinajstić information content (AvgIpc) is 2.60. The van der Waals surface area contributed by atoms with Crippen molar-refractivity contribution < 1.29 is 0 Å². The summed E-state index contributed by atoms with van der Waals surface area (Å²) in [6, 6.07) is 0. The number of aromatic nitrogens is 2. The number of H-pyrrole nitrogens is 1. The molecule has 0 fully saturated rings. The van der Waals surface area contributed by atoms with Crippen LogP contribution in [0.15, 0.2) is 24.5 Å². The third-order valence-electron chi connectivity index (χ3n) is 2.14. The maximum absolute atomic E-state index is 4.20. The van der Waals surface area contributed by atoms with E-state index >= 15 is 0 Å². The molecule has 2 nitrogen and oxygen atoms in total. The third kappa shape index (κ3) is 1.50. The van der Waals surface area contributed by atoms with E-state index in [0.717, 1.165) is 18.2 Å². The van der Waals surface area contributed by atoms with E-state index in [1.807, 2.05) is 12.4 Å². The quantitative estimate of drug-likeness (QED) is 0.638. The lowest BCUT2D eigenvalue weighted by Crippen LogP contribution is -2.00. The highest BCUT2D eigenvalue weighted by atomic mass is 14.9. The Bertz CT molecular complexity index is 228. The molecule has 1 aromatic heterocycles. The van der Waals surface area contributed by atoms with E-state index in [4.69, 9.17) is 0 Å². The second-order valence-corrected chi connectivity index (χ2v) is 3.05. The summed E-state index contributed by atoms with van der Waals surface area (Å²) in [7, 11) is 0. The van der Waals surface area contributed by atoms with E-state index in [0.29, 0.717) is 0 Å². The molecule has 1 N–H and O–H groups in total. The smallest absolute Gasteiger partial charge is 0.106 e. The van der Waals surface area contributed by atoms with Gasteiger partial charge >= 0.3 is 0 Å². The fourth-order valence-corrected chi connectivity index (χ4v) is 1.52. The van der Waals surface area contributed by atoms with Gasteiger partial charge in [0, 0.05) is 18.8 Å². The minimum absolute atomic E-state index is 0.793.